The van der Waals surface area contributed by atoms with E-state index in [1.807, 2.05) is 19.1 Å². The molecule has 6 heteroatoms. The average Bonchev–Trinajstić information content (AvgIpc) is 2.58. The molecular weight excluding hydrogens is 336 g/mol. The summed E-state index contributed by atoms with van der Waals surface area (Å²) in [5.74, 6) is 6.94. The number of nitrogen functional groups attached to an aromatic ring is 1. The largest absolute Gasteiger partial charge is 0.508 e. The van der Waals surface area contributed by atoms with Gasteiger partial charge in [0.15, 0.2) is 5.82 Å². The summed E-state index contributed by atoms with van der Waals surface area (Å²) in [6.45, 7) is 1.88. The van der Waals surface area contributed by atoms with Crippen LogP contribution in [0.2, 0.25) is 5.02 Å². The quantitative estimate of drug-likeness (QED) is 0.482. The molecule has 4 N–H and O–H groups in total. The van der Waals surface area contributed by atoms with E-state index in [1.165, 1.54) is 0 Å². The molecule has 3 aromatic rings. The van der Waals surface area contributed by atoms with E-state index < -0.39 is 0 Å². The minimum absolute atomic E-state index is 0.149. The maximum atomic E-state index is 9.53. The van der Waals surface area contributed by atoms with Crippen molar-refractivity contribution in [2.24, 2.45) is 0 Å². The standard InChI is InChI=1S/C19H15ClN4O/c1-12-10-16(25)8-9-17(12)23-18-14(11-22-19(21)24-18)5-2-13-3-6-15(20)7-4-13/h3-4,6-11,25H,1H3,(H3,21,22,23,24). The van der Waals surface area contributed by atoms with Crippen LogP contribution in [0, 0.1) is 18.8 Å². The first-order valence-electron chi connectivity index (χ1n) is 7.48. The SMILES string of the molecule is Cc1cc(O)ccc1Nc1nc(N)ncc1C#Cc1ccc(Cl)cc1. The number of aromatic hydroxyl groups is 1. The third kappa shape index (κ3) is 4.19. The zero-order valence-electron chi connectivity index (χ0n) is 13.4. The molecule has 0 amide bonds. The van der Waals surface area contributed by atoms with Crippen molar-refractivity contribution in [3.8, 4) is 17.6 Å². The number of phenolic OH excluding ortho intramolecular Hbond substituents is 1. The molecule has 0 aliphatic carbocycles. The van der Waals surface area contributed by atoms with Gasteiger partial charge in [-0.3, -0.25) is 0 Å². The molecule has 0 fully saturated rings. The Bertz CT molecular complexity index is 975. The number of halogens is 1. The van der Waals surface area contributed by atoms with Gasteiger partial charge in [-0.05, 0) is 55.0 Å². The maximum absolute atomic E-state index is 9.53. The molecule has 1 aromatic heterocycles. The normalized spacial score (nSPS) is 10.0. The van der Waals surface area contributed by atoms with E-state index in [1.54, 1.807) is 36.5 Å². The number of phenols is 1. The van der Waals surface area contributed by atoms with Gasteiger partial charge in [-0.15, -0.1) is 0 Å². The minimum atomic E-state index is 0.149. The molecule has 25 heavy (non-hydrogen) atoms. The number of nitrogens with two attached hydrogens (primary N) is 1. The Morgan fingerprint density at radius 2 is 1.88 bits per heavy atom. The summed E-state index contributed by atoms with van der Waals surface area (Å²) in [5.41, 5.74) is 8.80. The van der Waals surface area contributed by atoms with Crippen molar-refractivity contribution in [1.82, 2.24) is 9.97 Å². The first kappa shape index (κ1) is 16.6. The number of aryl methyl sites for hydroxylation is 1. The Hall–Kier alpha value is -3.23. The van der Waals surface area contributed by atoms with Crippen LogP contribution in [0.3, 0.4) is 0 Å². The molecule has 0 atom stereocenters. The van der Waals surface area contributed by atoms with Crippen LogP contribution in [0.4, 0.5) is 17.5 Å². The number of rotatable bonds is 2. The zero-order valence-corrected chi connectivity index (χ0v) is 14.2. The Labute approximate surface area is 150 Å². The summed E-state index contributed by atoms with van der Waals surface area (Å²) in [7, 11) is 0. The highest BCUT2D eigenvalue weighted by Crippen LogP contribution is 2.25. The lowest BCUT2D eigenvalue weighted by Crippen LogP contribution is -2.03. The van der Waals surface area contributed by atoms with Crippen molar-refractivity contribution in [2.75, 3.05) is 11.1 Å². The fourth-order valence-corrected chi connectivity index (χ4v) is 2.30. The molecule has 5 nitrogen and oxygen atoms in total. The fourth-order valence-electron chi connectivity index (χ4n) is 2.17. The Kier molecular flexibility index (Phi) is 4.73. The van der Waals surface area contributed by atoms with Gasteiger partial charge < -0.3 is 16.2 Å². The third-order valence-electron chi connectivity index (χ3n) is 3.46. The second-order valence-corrected chi connectivity index (χ2v) is 5.81. The van der Waals surface area contributed by atoms with Gasteiger partial charge in [0, 0.05) is 16.3 Å². The van der Waals surface area contributed by atoms with Gasteiger partial charge in [0.05, 0.1) is 11.8 Å². The second kappa shape index (κ2) is 7.12. The van der Waals surface area contributed by atoms with Crippen molar-refractivity contribution in [3.05, 3.63) is 70.4 Å². The van der Waals surface area contributed by atoms with Crippen LogP contribution in [0.1, 0.15) is 16.7 Å². The third-order valence-corrected chi connectivity index (χ3v) is 3.71. The van der Waals surface area contributed by atoms with Gasteiger partial charge in [-0.25, -0.2) is 4.98 Å². The summed E-state index contributed by atoms with van der Waals surface area (Å²) in [6.07, 6.45) is 1.57. The smallest absolute Gasteiger partial charge is 0.222 e. The van der Waals surface area contributed by atoms with Crippen molar-refractivity contribution in [2.45, 2.75) is 6.92 Å². The van der Waals surface area contributed by atoms with Gasteiger partial charge >= 0.3 is 0 Å². The summed E-state index contributed by atoms with van der Waals surface area (Å²) in [6, 6.07) is 12.3. The molecule has 124 valence electrons. The molecule has 1 heterocycles. The highest BCUT2D eigenvalue weighted by Gasteiger charge is 2.07. The molecule has 0 saturated heterocycles. The minimum Gasteiger partial charge on any atom is -0.508 e. The monoisotopic (exact) mass is 350 g/mol. The maximum Gasteiger partial charge on any atom is 0.222 e. The molecule has 0 aliphatic heterocycles. The molecule has 0 radical (unpaired) electrons. The molecule has 0 spiro atoms. The lowest BCUT2D eigenvalue weighted by molar-refractivity contribution is 0.475. The van der Waals surface area contributed by atoms with Crippen LogP contribution in [0.5, 0.6) is 5.75 Å². The van der Waals surface area contributed by atoms with E-state index >= 15 is 0 Å². The zero-order chi connectivity index (χ0) is 17.8. The number of hydrogen-bond donors (Lipinski definition) is 3. The highest BCUT2D eigenvalue weighted by molar-refractivity contribution is 6.30. The van der Waals surface area contributed by atoms with Gasteiger partial charge in [0.25, 0.3) is 0 Å². The topological polar surface area (TPSA) is 84.1 Å². The van der Waals surface area contributed by atoms with Crippen LogP contribution >= 0.6 is 11.6 Å². The van der Waals surface area contributed by atoms with Crippen molar-refractivity contribution >= 4 is 29.1 Å². The summed E-state index contributed by atoms with van der Waals surface area (Å²) >= 11 is 5.88. The number of hydrogen-bond acceptors (Lipinski definition) is 5. The van der Waals surface area contributed by atoms with E-state index in [9.17, 15) is 5.11 Å². The lowest BCUT2D eigenvalue weighted by Gasteiger charge is -2.11. The van der Waals surface area contributed by atoms with Crippen LogP contribution < -0.4 is 11.1 Å². The van der Waals surface area contributed by atoms with Gasteiger partial charge in [0.1, 0.15) is 5.75 Å². The van der Waals surface area contributed by atoms with Crippen LogP contribution in [-0.2, 0) is 0 Å². The Balaban J connectivity index is 1.94. The second-order valence-electron chi connectivity index (χ2n) is 5.37. The van der Waals surface area contributed by atoms with Gasteiger partial charge in [0.2, 0.25) is 5.95 Å². The molecule has 0 aliphatic rings. The molecule has 2 aromatic carbocycles. The van der Waals surface area contributed by atoms with E-state index in [0.29, 0.717) is 16.4 Å². The van der Waals surface area contributed by atoms with Crippen molar-refractivity contribution in [1.29, 1.82) is 0 Å². The molecule has 0 unspecified atom stereocenters. The predicted octanol–water partition coefficient (Wildman–Crippen LogP) is 3.87. The number of anilines is 3. The van der Waals surface area contributed by atoms with Crippen LogP contribution in [0.15, 0.2) is 48.7 Å². The molecule has 0 saturated carbocycles. The Morgan fingerprint density at radius 3 is 2.60 bits per heavy atom. The van der Waals surface area contributed by atoms with Crippen molar-refractivity contribution in [3.63, 3.8) is 0 Å². The van der Waals surface area contributed by atoms with Crippen molar-refractivity contribution < 1.29 is 5.11 Å². The van der Waals surface area contributed by atoms with E-state index in [0.717, 1.165) is 16.8 Å². The number of nitrogens with zero attached hydrogens (tertiary/aromatic N) is 2. The average molecular weight is 351 g/mol. The Morgan fingerprint density at radius 1 is 1.12 bits per heavy atom. The van der Waals surface area contributed by atoms with Crippen LogP contribution in [0.25, 0.3) is 0 Å². The van der Waals surface area contributed by atoms with Gasteiger partial charge in [-0.1, -0.05) is 23.4 Å². The highest BCUT2D eigenvalue weighted by atomic mass is 35.5. The number of nitrogens with one attached hydrogen (secondary N) is 1. The summed E-state index contributed by atoms with van der Waals surface area (Å²) in [5, 5.41) is 13.4. The lowest BCUT2D eigenvalue weighted by atomic mass is 10.1. The fraction of sp³-hybridized carbons (Fsp3) is 0.0526. The van der Waals surface area contributed by atoms with E-state index in [4.69, 9.17) is 17.3 Å². The van der Waals surface area contributed by atoms with Gasteiger partial charge in [-0.2, -0.15) is 4.98 Å². The van der Waals surface area contributed by atoms with E-state index in [-0.39, 0.29) is 11.7 Å². The summed E-state index contributed by atoms with van der Waals surface area (Å²) in [4.78, 5) is 8.24. The molecule has 0 bridgehead atoms. The van der Waals surface area contributed by atoms with E-state index in [2.05, 4.69) is 27.1 Å². The first-order valence-corrected chi connectivity index (χ1v) is 7.86. The summed E-state index contributed by atoms with van der Waals surface area (Å²) < 4.78 is 0. The molecule has 3 rings (SSSR count). The van der Waals surface area contributed by atoms with Crippen LogP contribution in [-0.4, -0.2) is 15.1 Å². The molecular formula is C19H15ClN4O. The number of benzene rings is 2. The predicted molar refractivity (Wildman–Crippen MR) is 100 cm³/mol. The first-order chi connectivity index (χ1) is 12.0. The number of aromatic nitrogens is 2.